The molecule has 0 bridgehead atoms. The Bertz CT molecular complexity index is 1880. The van der Waals surface area contributed by atoms with E-state index in [1.807, 2.05) is 37.3 Å². The summed E-state index contributed by atoms with van der Waals surface area (Å²) in [7, 11) is 0. The summed E-state index contributed by atoms with van der Waals surface area (Å²) in [5, 5.41) is 2.31. The van der Waals surface area contributed by atoms with Crippen molar-refractivity contribution in [3.63, 3.8) is 0 Å². The van der Waals surface area contributed by atoms with Crippen LogP contribution >= 0.6 is 0 Å². The van der Waals surface area contributed by atoms with Gasteiger partial charge in [-0.25, -0.2) is 15.0 Å². The molecule has 0 aliphatic rings. The Labute approximate surface area is 240 Å². The Morgan fingerprint density at radius 1 is 0.537 bits per heavy atom. The molecule has 0 atom stereocenters. The first kappa shape index (κ1) is 25.8. The maximum absolute atomic E-state index is 5.06. The summed E-state index contributed by atoms with van der Waals surface area (Å²) < 4.78 is 0. The third-order valence-corrected chi connectivity index (χ3v) is 7.04. The fraction of sp³-hybridized carbons (Fsp3) is 0.0263. The summed E-state index contributed by atoms with van der Waals surface area (Å²) in [6.07, 6.45) is 7.60. The van der Waals surface area contributed by atoms with E-state index in [1.54, 1.807) is 6.08 Å². The molecular weight excluding hydrogens is 498 g/mol. The average molecular weight is 528 g/mol. The highest BCUT2D eigenvalue weighted by atomic mass is 15.0. The number of hydrogen-bond acceptors (Lipinski definition) is 3. The summed E-state index contributed by atoms with van der Waals surface area (Å²) in [6, 6.07) is 42.0. The van der Waals surface area contributed by atoms with Crippen LogP contribution in [0.3, 0.4) is 0 Å². The van der Waals surface area contributed by atoms with Gasteiger partial charge in [-0.15, -0.1) is 0 Å². The minimum Gasteiger partial charge on any atom is -0.209 e. The molecule has 0 spiro atoms. The van der Waals surface area contributed by atoms with Gasteiger partial charge in [-0.1, -0.05) is 140 Å². The van der Waals surface area contributed by atoms with E-state index in [0.29, 0.717) is 17.5 Å². The lowest BCUT2D eigenvalue weighted by atomic mass is 9.95. The molecule has 0 radical (unpaired) electrons. The zero-order chi connectivity index (χ0) is 28.0. The number of nitrogens with zero attached hydrogens (tertiary/aromatic N) is 3. The van der Waals surface area contributed by atoms with Crippen LogP contribution in [0.4, 0.5) is 0 Å². The first-order chi connectivity index (χ1) is 20.2. The second-order valence-electron chi connectivity index (χ2n) is 9.83. The number of fused-ring (bicyclic) bond motifs is 1. The SMILES string of the molecule is C=C/C=C\C=C(/C)c1nc(-c2ccc(-c3ccccc3)cc2)nc(-c2cc3ccccc3cc2-c2ccccc2)n1. The minimum absolute atomic E-state index is 0.636. The van der Waals surface area contributed by atoms with E-state index in [4.69, 9.17) is 15.0 Å². The Balaban J connectivity index is 1.55. The summed E-state index contributed by atoms with van der Waals surface area (Å²) in [6.45, 7) is 5.79. The van der Waals surface area contributed by atoms with E-state index >= 15 is 0 Å². The van der Waals surface area contributed by atoms with Gasteiger partial charge in [-0.05, 0) is 57.7 Å². The molecule has 6 rings (SSSR count). The fourth-order valence-corrected chi connectivity index (χ4v) is 4.88. The smallest absolute Gasteiger partial charge is 0.164 e. The number of aromatic nitrogens is 3. The first-order valence-electron chi connectivity index (χ1n) is 13.7. The van der Waals surface area contributed by atoms with Crippen LogP contribution in [0.25, 0.3) is 61.4 Å². The Hall–Kier alpha value is -5.41. The summed E-state index contributed by atoms with van der Waals surface area (Å²) in [5.74, 6) is 1.91. The van der Waals surface area contributed by atoms with E-state index < -0.39 is 0 Å². The maximum atomic E-state index is 5.06. The van der Waals surface area contributed by atoms with Gasteiger partial charge >= 0.3 is 0 Å². The summed E-state index contributed by atoms with van der Waals surface area (Å²) in [5.41, 5.74) is 7.37. The number of rotatable bonds is 7. The van der Waals surface area contributed by atoms with Gasteiger partial charge in [0.25, 0.3) is 0 Å². The van der Waals surface area contributed by atoms with Gasteiger partial charge in [0.1, 0.15) is 0 Å². The molecule has 1 aromatic heterocycles. The van der Waals surface area contributed by atoms with Crippen LogP contribution in [0.1, 0.15) is 12.7 Å². The van der Waals surface area contributed by atoms with Crippen LogP contribution in [0.2, 0.25) is 0 Å². The molecule has 5 aromatic carbocycles. The average Bonchev–Trinajstić information content (AvgIpc) is 3.05. The molecule has 0 aliphatic heterocycles. The zero-order valence-electron chi connectivity index (χ0n) is 22.9. The van der Waals surface area contributed by atoms with Crippen molar-refractivity contribution < 1.29 is 0 Å². The van der Waals surface area contributed by atoms with Crippen molar-refractivity contribution in [1.29, 1.82) is 0 Å². The molecule has 0 fully saturated rings. The lowest BCUT2D eigenvalue weighted by Gasteiger charge is -2.14. The van der Waals surface area contributed by atoms with Crippen LogP contribution in [0.5, 0.6) is 0 Å². The summed E-state index contributed by atoms with van der Waals surface area (Å²) in [4.78, 5) is 15.0. The molecular formula is C38H29N3. The highest BCUT2D eigenvalue weighted by Crippen LogP contribution is 2.35. The molecule has 1 heterocycles. The Morgan fingerprint density at radius 2 is 1.07 bits per heavy atom. The Morgan fingerprint density at radius 3 is 1.73 bits per heavy atom. The van der Waals surface area contributed by atoms with Crippen molar-refractivity contribution >= 4 is 16.3 Å². The first-order valence-corrected chi connectivity index (χ1v) is 13.7. The van der Waals surface area contributed by atoms with Crippen molar-refractivity contribution in [3.05, 3.63) is 158 Å². The molecule has 0 N–H and O–H groups in total. The van der Waals surface area contributed by atoms with Gasteiger partial charge in [0.2, 0.25) is 0 Å². The number of allylic oxidation sites excluding steroid dienone is 5. The van der Waals surface area contributed by atoms with Crippen LogP contribution in [-0.4, -0.2) is 15.0 Å². The molecule has 0 amide bonds. The van der Waals surface area contributed by atoms with E-state index in [-0.39, 0.29) is 0 Å². The third-order valence-electron chi connectivity index (χ3n) is 7.04. The molecule has 0 saturated heterocycles. The molecule has 3 nitrogen and oxygen atoms in total. The van der Waals surface area contributed by atoms with Gasteiger partial charge < -0.3 is 0 Å². The predicted molar refractivity (Wildman–Crippen MR) is 172 cm³/mol. The van der Waals surface area contributed by atoms with E-state index in [2.05, 4.69) is 116 Å². The van der Waals surface area contributed by atoms with Crippen LogP contribution in [0, 0.1) is 0 Å². The van der Waals surface area contributed by atoms with Gasteiger partial charge in [-0.2, -0.15) is 0 Å². The predicted octanol–water partition coefficient (Wildman–Crippen LogP) is 9.84. The lowest BCUT2D eigenvalue weighted by Crippen LogP contribution is -2.03. The normalized spacial score (nSPS) is 11.7. The molecule has 0 aliphatic carbocycles. The second kappa shape index (κ2) is 11.8. The molecule has 41 heavy (non-hydrogen) atoms. The van der Waals surface area contributed by atoms with Gasteiger partial charge in [0.05, 0.1) is 0 Å². The van der Waals surface area contributed by atoms with Crippen molar-refractivity contribution in [3.8, 4) is 45.0 Å². The van der Waals surface area contributed by atoms with Gasteiger partial charge in [0, 0.05) is 11.1 Å². The standard InChI is InChI=1S/C38H29N3/c1-3-4-7-14-27(2)36-39-37(31-23-21-29(22-24-31)28-15-8-5-9-16-28)41-38(40-36)35-26-33-20-13-12-19-32(33)25-34(35)30-17-10-6-11-18-30/h3-26H,1H2,2H3/b7-4-,27-14+. The molecule has 3 heteroatoms. The number of benzene rings is 5. The zero-order valence-corrected chi connectivity index (χ0v) is 22.9. The molecule has 0 unspecified atom stereocenters. The van der Waals surface area contributed by atoms with Crippen LogP contribution in [-0.2, 0) is 0 Å². The van der Waals surface area contributed by atoms with Gasteiger partial charge in [-0.3, -0.25) is 0 Å². The minimum atomic E-state index is 0.636. The summed E-state index contributed by atoms with van der Waals surface area (Å²) >= 11 is 0. The van der Waals surface area contributed by atoms with Crippen molar-refractivity contribution in [2.45, 2.75) is 6.92 Å². The topological polar surface area (TPSA) is 38.7 Å². The lowest BCUT2D eigenvalue weighted by molar-refractivity contribution is 1.03. The van der Waals surface area contributed by atoms with Crippen molar-refractivity contribution in [2.75, 3.05) is 0 Å². The highest BCUT2D eigenvalue weighted by Gasteiger charge is 2.16. The molecule has 0 saturated carbocycles. The van der Waals surface area contributed by atoms with Crippen LogP contribution < -0.4 is 0 Å². The highest BCUT2D eigenvalue weighted by molar-refractivity contribution is 5.95. The monoisotopic (exact) mass is 527 g/mol. The Kier molecular flexibility index (Phi) is 7.42. The molecule has 196 valence electrons. The third kappa shape index (κ3) is 5.66. The second-order valence-corrected chi connectivity index (χ2v) is 9.83. The number of hydrogen-bond donors (Lipinski definition) is 0. The van der Waals surface area contributed by atoms with Crippen molar-refractivity contribution in [1.82, 2.24) is 15.0 Å². The van der Waals surface area contributed by atoms with Crippen LogP contribution in [0.15, 0.2) is 152 Å². The van der Waals surface area contributed by atoms with E-state index in [9.17, 15) is 0 Å². The maximum Gasteiger partial charge on any atom is 0.164 e. The van der Waals surface area contributed by atoms with Crippen molar-refractivity contribution in [2.24, 2.45) is 0 Å². The van der Waals surface area contributed by atoms with E-state index in [1.165, 1.54) is 10.9 Å². The van der Waals surface area contributed by atoms with E-state index in [0.717, 1.165) is 38.8 Å². The van der Waals surface area contributed by atoms with Gasteiger partial charge in [0.15, 0.2) is 17.5 Å². The molecule has 6 aromatic rings. The fourth-order valence-electron chi connectivity index (χ4n) is 4.88. The quantitative estimate of drug-likeness (QED) is 0.194. The largest absolute Gasteiger partial charge is 0.209 e.